The smallest absolute Gasteiger partial charge is 0.199 e. The van der Waals surface area contributed by atoms with Crippen LogP contribution < -0.4 is 0 Å². The molecule has 0 rings (SSSR count). The van der Waals surface area contributed by atoms with Gasteiger partial charge in [-0.15, -0.1) is 0 Å². The van der Waals surface area contributed by atoms with Crippen LogP contribution in [0.25, 0.3) is 0 Å². The third-order valence-corrected chi connectivity index (χ3v) is 1.04. The molecule has 0 aromatic carbocycles. The minimum Gasteiger partial charge on any atom is -0.199 e. The summed E-state index contributed by atoms with van der Waals surface area (Å²) < 4.78 is 0. The van der Waals surface area contributed by atoms with Crippen LogP contribution in [-0.2, 0) is 10.2 Å². The van der Waals surface area contributed by atoms with Crippen molar-refractivity contribution in [2.45, 2.75) is 38.9 Å². The van der Waals surface area contributed by atoms with Gasteiger partial charge >= 0.3 is 0 Å². The molecule has 0 fully saturated rings. The van der Waals surface area contributed by atoms with Crippen molar-refractivity contribution in [3.63, 3.8) is 0 Å². The Bertz CT molecular complexity index is 43.8. The van der Waals surface area contributed by atoms with E-state index in [9.17, 15) is 10.2 Å². The SMILES string of the molecule is CCCCCC([O])[O]. The van der Waals surface area contributed by atoms with Crippen LogP contribution in [0.2, 0.25) is 0 Å². The minimum absolute atomic E-state index is 0.299. The van der Waals surface area contributed by atoms with Gasteiger partial charge in [0.1, 0.15) is 0 Å². The maximum Gasteiger partial charge on any atom is 0.224 e. The first-order chi connectivity index (χ1) is 3.77. The zero-order chi connectivity index (χ0) is 6.41. The lowest BCUT2D eigenvalue weighted by Gasteiger charge is -1.94. The van der Waals surface area contributed by atoms with E-state index >= 15 is 0 Å². The molecule has 0 N–H and O–H groups in total. The Hall–Kier alpha value is -0.0800. The summed E-state index contributed by atoms with van der Waals surface area (Å²) in [6.07, 6.45) is 1.59. The van der Waals surface area contributed by atoms with Crippen LogP contribution in [0.15, 0.2) is 0 Å². The lowest BCUT2D eigenvalue weighted by Crippen LogP contribution is -1.98. The van der Waals surface area contributed by atoms with Crippen LogP contribution in [0.3, 0.4) is 0 Å². The molecule has 2 nitrogen and oxygen atoms in total. The van der Waals surface area contributed by atoms with Crippen LogP contribution in [0.5, 0.6) is 0 Å². The largest absolute Gasteiger partial charge is 0.224 e. The summed E-state index contributed by atoms with van der Waals surface area (Å²) in [4.78, 5) is 0. The van der Waals surface area contributed by atoms with Gasteiger partial charge in [-0.25, -0.2) is 0 Å². The highest BCUT2D eigenvalue weighted by atomic mass is 16.5. The fourth-order valence-corrected chi connectivity index (χ4v) is 0.561. The molecule has 0 aromatic rings. The van der Waals surface area contributed by atoms with Gasteiger partial charge in [-0.2, -0.15) is 10.2 Å². The molecule has 48 valence electrons. The molecular formula is C6H12O2. The van der Waals surface area contributed by atoms with Gasteiger partial charge in [0.25, 0.3) is 0 Å². The van der Waals surface area contributed by atoms with Gasteiger partial charge in [0.15, 0.2) is 0 Å². The van der Waals surface area contributed by atoms with E-state index in [4.69, 9.17) is 0 Å². The van der Waals surface area contributed by atoms with Gasteiger partial charge in [-0.05, 0) is 6.42 Å². The first-order valence-corrected chi connectivity index (χ1v) is 3.09. The Morgan fingerprint density at radius 2 is 1.88 bits per heavy atom. The summed E-state index contributed by atoms with van der Waals surface area (Å²) in [7, 11) is 0. The van der Waals surface area contributed by atoms with Crippen molar-refractivity contribution in [2.75, 3.05) is 0 Å². The first kappa shape index (κ1) is 7.92. The Kier molecular flexibility index (Phi) is 5.01. The standard InChI is InChI=1S/C6H12O2/c1-2-3-4-5-6(7)8/h6H,2-5H2,1H3. The quantitative estimate of drug-likeness (QED) is 0.396. The second kappa shape index (κ2) is 5.06. The van der Waals surface area contributed by atoms with E-state index in [1.807, 2.05) is 6.92 Å². The molecule has 0 heterocycles. The Morgan fingerprint density at radius 1 is 1.25 bits per heavy atom. The summed E-state index contributed by atoms with van der Waals surface area (Å²) in [5, 5.41) is 19.7. The Morgan fingerprint density at radius 3 is 2.25 bits per heavy atom. The summed E-state index contributed by atoms with van der Waals surface area (Å²) in [5.41, 5.74) is 0. The molecule has 2 heteroatoms. The molecule has 0 bridgehead atoms. The molecule has 0 aliphatic rings. The summed E-state index contributed by atoms with van der Waals surface area (Å²) in [5.74, 6) is 0. The van der Waals surface area contributed by atoms with E-state index in [0.29, 0.717) is 6.42 Å². The topological polar surface area (TPSA) is 39.8 Å². The molecule has 0 amide bonds. The van der Waals surface area contributed by atoms with Crippen LogP contribution in [0, 0.1) is 0 Å². The number of hydrogen-bond donors (Lipinski definition) is 0. The van der Waals surface area contributed by atoms with E-state index in [1.54, 1.807) is 0 Å². The summed E-state index contributed by atoms with van der Waals surface area (Å²) in [6.45, 7) is 2.05. The molecule has 0 unspecified atom stereocenters. The average Bonchev–Trinajstić information content (AvgIpc) is 1.66. The molecule has 0 spiro atoms. The van der Waals surface area contributed by atoms with E-state index in [-0.39, 0.29) is 0 Å². The Balaban J connectivity index is 2.72. The third-order valence-electron chi connectivity index (χ3n) is 1.04. The molecule has 2 radical (unpaired) electrons. The fraction of sp³-hybridized carbons (Fsp3) is 1.00. The highest BCUT2D eigenvalue weighted by Crippen LogP contribution is 2.00. The van der Waals surface area contributed by atoms with Gasteiger partial charge < -0.3 is 0 Å². The lowest BCUT2D eigenvalue weighted by atomic mass is 10.2. The molecule has 0 aliphatic carbocycles. The average molecular weight is 116 g/mol. The van der Waals surface area contributed by atoms with Crippen LogP contribution in [0.4, 0.5) is 0 Å². The molecule has 0 saturated carbocycles. The normalized spacial score (nSPS) is 10.5. The Labute approximate surface area is 50.2 Å². The maximum absolute atomic E-state index is 9.85. The molecule has 0 saturated heterocycles. The predicted octanol–water partition coefficient (Wildman–Crippen LogP) is 1.75. The highest BCUT2D eigenvalue weighted by Gasteiger charge is 1.98. The number of unbranched alkanes of at least 4 members (excludes halogenated alkanes) is 2. The van der Waals surface area contributed by atoms with E-state index < -0.39 is 6.29 Å². The zero-order valence-corrected chi connectivity index (χ0v) is 5.22. The molecule has 0 aliphatic heterocycles. The highest BCUT2D eigenvalue weighted by molar-refractivity contribution is 4.39. The van der Waals surface area contributed by atoms with Crippen molar-refractivity contribution in [3.05, 3.63) is 0 Å². The lowest BCUT2D eigenvalue weighted by molar-refractivity contribution is -0.140. The second-order valence-electron chi connectivity index (χ2n) is 1.93. The third kappa shape index (κ3) is 5.92. The van der Waals surface area contributed by atoms with Gasteiger partial charge in [0.05, 0.1) is 0 Å². The van der Waals surface area contributed by atoms with Crippen LogP contribution in [0.1, 0.15) is 32.6 Å². The number of rotatable bonds is 4. The van der Waals surface area contributed by atoms with Crippen molar-refractivity contribution in [1.82, 2.24) is 0 Å². The van der Waals surface area contributed by atoms with Gasteiger partial charge in [-0.3, -0.25) is 0 Å². The molecule has 0 aromatic heterocycles. The van der Waals surface area contributed by atoms with Crippen LogP contribution in [-0.4, -0.2) is 6.29 Å². The van der Waals surface area contributed by atoms with Crippen LogP contribution >= 0.6 is 0 Å². The van der Waals surface area contributed by atoms with Gasteiger partial charge in [0.2, 0.25) is 6.29 Å². The van der Waals surface area contributed by atoms with Crippen molar-refractivity contribution >= 4 is 0 Å². The summed E-state index contributed by atoms with van der Waals surface area (Å²) in [6, 6.07) is 0. The molecule has 8 heavy (non-hydrogen) atoms. The fourth-order valence-electron chi connectivity index (χ4n) is 0.561. The predicted molar refractivity (Wildman–Crippen MR) is 29.3 cm³/mol. The van der Waals surface area contributed by atoms with Crippen molar-refractivity contribution in [3.8, 4) is 0 Å². The van der Waals surface area contributed by atoms with E-state index in [0.717, 1.165) is 19.3 Å². The van der Waals surface area contributed by atoms with Gasteiger partial charge in [0, 0.05) is 6.42 Å². The van der Waals surface area contributed by atoms with Crippen molar-refractivity contribution < 1.29 is 10.2 Å². The number of hydrogen-bond acceptors (Lipinski definition) is 0. The molecule has 0 atom stereocenters. The summed E-state index contributed by atoms with van der Waals surface area (Å²) >= 11 is 0. The van der Waals surface area contributed by atoms with Crippen molar-refractivity contribution in [1.29, 1.82) is 0 Å². The monoisotopic (exact) mass is 116 g/mol. The second-order valence-corrected chi connectivity index (χ2v) is 1.93. The first-order valence-electron chi connectivity index (χ1n) is 3.09. The maximum atomic E-state index is 9.85. The molecular weight excluding hydrogens is 104 g/mol. The zero-order valence-electron chi connectivity index (χ0n) is 5.22. The van der Waals surface area contributed by atoms with E-state index in [2.05, 4.69) is 0 Å². The van der Waals surface area contributed by atoms with E-state index in [1.165, 1.54) is 0 Å². The van der Waals surface area contributed by atoms with Crippen molar-refractivity contribution in [2.24, 2.45) is 0 Å². The van der Waals surface area contributed by atoms with Gasteiger partial charge in [-0.1, -0.05) is 19.8 Å². The minimum atomic E-state index is -1.60.